The van der Waals surface area contributed by atoms with Gasteiger partial charge in [-0.3, -0.25) is 4.79 Å². The molecule has 0 fully saturated rings. The van der Waals surface area contributed by atoms with Crippen molar-refractivity contribution in [2.75, 3.05) is 24.3 Å². The fraction of sp³-hybridized carbons (Fsp3) is 0.208. The molecule has 176 valence electrons. The highest BCUT2D eigenvalue weighted by molar-refractivity contribution is 6.06. The first kappa shape index (κ1) is 23.2. The zero-order chi connectivity index (χ0) is 24.6. The number of alkyl halides is 3. The van der Waals surface area contributed by atoms with Crippen molar-refractivity contribution in [1.82, 2.24) is 14.5 Å². The van der Waals surface area contributed by atoms with Crippen LogP contribution in [0.5, 0.6) is 0 Å². The number of nitrogens with zero attached hydrogens (tertiary/aromatic N) is 4. The first-order valence-electron chi connectivity index (χ1n) is 10.3. The summed E-state index contributed by atoms with van der Waals surface area (Å²) >= 11 is 0. The van der Waals surface area contributed by atoms with Gasteiger partial charge in [-0.1, -0.05) is 12.1 Å². The largest absolute Gasteiger partial charge is 0.417 e. The summed E-state index contributed by atoms with van der Waals surface area (Å²) in [5, 5.41) is 2.92. The Morgan fingerprint density at radius 2 is 1.85 bits per heavy atom. The molecule has 34 heavy (non-hydrogen) atoms. The van der Waals surface area contributed by atoms with Gasteiger partial charge in [-0.2, -0.15) is 13.2 Å². The van der Waals surface area contributed by atoms with Crippen LogP contribution < -0.4 is 10.2 Å². The van der Waals surface area contributed by atoms with Crippen molar-refractivity contribution in [1.29, 1.82) is 0 Å². The normalized spacial score (nSPS) is 11.6. The fourth-order valence-corrected chi connectivity index (χ4v) is 3.57. The van der Waals surface area contributed by atoms with Crippen molar-refractivity contribution in [3.05, 3.63) is 83.1 Å². The molecule has 0 saturated carbocycles. The number of anilines is 2. The highest BCUT2D eigenvalue weighted by Gasteiger charge is 2.32. The van der Waals surface area contributed by atoms with E-state index in [9.17, 15) is 22.4 Å². The molecule has 3 aromatic heterocycles. The second-order valence-corrected chi connectivity index (χ2v) is 8.09. The van der Waals surface area contributed by atoms with Crippen molar-refractivity contribution in [2.24, 2.45) is 0 Å². The summed E-state index contributed by atoms with van der Waals surface area (Å²) in [5.74, 6) is -0.306. The van der Waals surface area contributed by atoms with Crippen LogP contribution >= 0.6 is 0 Å². The number of rotatable bonds is 5. The molecule has 0 aliphatic heterocycles. The molecule has 1 amide bonds. The maximum Gasteiger partial charge on any atom is 0.417 e. The SMILES string of the molecule is Cc1cc(N(C)C)ncc1NC(=O)c1cc2cc(C(F)(F)F)cnc2n1Cc1cccc(F)c1. The van der Waals surface area contributed by atoms with Gasteiger partial charge in [0.05, 0.1) is 17.4 Å². The van der Waals surface area contributed by atoms with Gasteiger partial charge in [0.15, 0.2) is 0 Å². The summed E-state index contributed by atoms with van der Waals surface area (Å²) in [6.45, 7) is 1.85. The van der Waals surface area contributed by atoms with E-state index in [0.717, 1.165) is 17.8 Å². The Morgan fingerprint density at radius 1 is 1.09 bits per heavy atom. The number of pyridine rings is 2. The summed E-state index contributed by atoms with van der Waals surface area (Å²) in [6.07, 6.45) is -2.34. The standard InChI is InChI=1S/C24H21F4N5O/c1-14-7-21(32(2)3)29-12-19(14)31-23(34)20-10-16-9-17(24(26,27)28)11-30-22(16)33(20)13-15-5-4-6-18(25)8-15/h4-12H,13H2,1-3H3,(H,31,34). The zero-order valence-electron chi connectivity index (χ0n) is 18.6. The average molecular weight is 471 g/mol. The first-order chi connectivity index (χ1) is 16.0. The second-order valence-electron chi connectivity index (χ2n) is 8.09. The summed E-state index contributed by atoms with van der Waals surface area (Å²) in [6, 6.07) is 9.86. The van der Waals surface area contributed by atoms with Crippen LogP contribution in [-0.4, -0.2) is 34.5 Å². The van der Waals surface area contributed by atoms with E-state index in [1.165, 1.54) is 35.0 Å². The second kappa shape index (κ2) is 8.77. The molecule has 4 aromatic rings. The number of amides is 1. The van der Waals surface area contributed by atoms with Crippen molar-refractivity contribution in [3.63, 3.8) is 0 Å². The third-order valence-electron chi connectivity index (χ3n) is 5.33. The van der Waals surface area contributed by atoms with E-state index in [-0.39, 0.29) is 23.3 Å². The van der Waals surface area contributed by atoms with Crippen LogP contribution in [0.15, 0.2) is 54.9 Å². The average Bonchev–Trinajstić information content (AvgIpc) is 3.12. The Bertz CT molecular complexity index is 1380. The number of carbonyl (C=O) groups is 1. The van der Waals surface area contributed by atoms with Crippen LogP contribution in [-0.2, 0) is 12.7 Å². The Morgan fingerprint density at radius 3 is 2.50 bits per heavy atom. The minimum Gasteiger partial charge on any atom is -0.363 e. The molecule has 3 heterocycles. The summed E-state index contributed by atoms with van der Waals surface area (Å²) < 4.78 is 54.9. The third-order valence-corrected chi connectivity index (χ3v) is 5.33. The van der Waals surface area contributed by atoms with Gasteiger partial charge >= 0.3 is 6.18 Å². The minimum atomic E-state index is -4.58. The number of carbonyl (C=O) groups excluding carboxylic acids is 1. The van der Waals surface area contributed by atoms with Crippen molar-refractivity contribution < 1.29 is 22.4 Å². The predicted octanol–water partition coefficient (Wildman–Crippen LogP) is 5.26. The number of benzene rings is 1. The first-order valence-corrected chi connectivity index (χ1v) is 10.3. The Balaban J connectivity index is 1.77. The lowest BCUT2D eigenvalue weighted by Gasteiger charge is -2.15. The fourth-order valence-electron chi connectivity index (χ4n) is 3.57. The molecule has 0 radical (unpaired) electrons. The monoisotopic (exact) mass is 471 g/mol. The highest BCUT2D eigenvalue weighted by atomic mass is 19.4. The molecule has 0 bridgehead atoms. The molecule has 1 aromatic carbocycles. The Hall–Kier alpha value is -3.95. The van der Waals surface area contributed by atoms with E-state index in [2.05, 4.69) is 15.3 Å². The lowest BCUT2D eigenvalue weighted by molar-refractivity contribution is -0.137. The van der Waals surface area contributed by atoms with Crippen LogP contribution in [0.1, 0.15) is 27.2 Å². The number of hydrogen-bond acceptors (Lipinski definition) is 4. The topological polar surface area (TPSA) is 63.1 Å². The minimum absolute atomic E-state index is 0.0409. The van der Waals surface area contributed by atoms with Gasteiger partial charge in [0.25, 0.3) is 5.91 Å². The predicted molar refractivity (Wildman–Crippen MR) is 121 cm³/mol. The van der Waals surface area contributed by atoms with Crippen LogP contribution in [0.4, 0.5) is 29.1 Å². The molecule has 10 heteroatoms. The number of fused-ring (bicyclic) bond motifs is 1. The Kier molecular flexibility index (Phi) is 5.99. The van der Waals surface area contributed by atoms with Gasteiger partial charge in [0.2, 0.25) is 0 Å². The summed E-state index contributed by atoms with van der Waals surface area (Å²) in [7, 11) is 3.68. The highest BCUT2D eigenvalue weighted by Crippen LogP contribution is 2.32. The molecular weight excluding hydrogens is 450 g/mol. The number of nitrogens with one attached hydrogen (secondary N) is 1. The summed E-state index contributed by atoms with van der Waals surface area (Å²) in [4.78, 5) is 23.3. The Labute approximate surface area is 192 Å². The van der Waals surface area contributed by atoms with Crippen LogP contribution in [0.3, 0.4) is 0 Å². The van der Waals surface area contributed by atoms with Crippen LogP contribution in [0.2, 0.25) is 0 Å². The van der Waals surface area contributed by atoms with Gasteiger partial charge in [-0.15, -0.1) is 0 Å². The summed E-state index contributed by atoms with van der Waals surface area (Å²) in [5.41, 5.74) is 1.09. The van der Waals surface area contributed by atoms with Gasteiger partial charge in [-0.25, -0.2) is 14.4 Å². The van der Waals surface area contributed by atoms with Gasteiger partial charge in [0.1, 0.15) is 23.0 Å². The van der Waals surface area contributed by atoms with Gasteiger partial charge < -0.3 is 14.8 Å². The quantitative estimate of drug-likeness (QED) is 0.403. The maximum atomic E-state index is 13.7. The maximum absolute atomic E-state index is 13.7. The van der Waals surface area contributed by atoms with Gasteiger partial charge in [0, 0.05) is 32.2 Å². The molecule has 0 aliphatic rings. The smallest absolute Gasteiger partial charge is 0.363 e. The van der Waals surface area contributed by atoms with E-state index >= 15 is 0 Å². The number of hydrogen-bond donors (Lipinski definition) is 1. The molecule has 0 atom stereocenters. The number of aryl methyl sites for hydroxylation is 1. The number of halogens is 4. The molecule has 0 spiro atoms. The lowest BCUT2D eigenvalue weighted by atomic mass is 10.2. The lowest BCUT2D eigenvalue weighted by Crippen LogP contribution is -2.19. The molecule has 6 nitrogen and oxygen atoms in total. The van der Waals surface area contributed by atoms with Gasteiger partial charge in [-0.05, 0) is 48.4 Å². The molecule has 0 saturated heterocycles. The van der Waals surface area contributed by atoms with Crippen molar-refractivity contribution in [3.8, 4) is 0 Å². The molecule has 4 rings (SSSR count). The van der Waals surface area contributed by atoms with E-state index < -0.39 is 23.5 Å². The molecule has 0 unspecified atom stereocenters. The molecule has 0 aliphatic carbocycles. The third kappa shape index (κ3) is 4.70. The van der Waals surface area contributed by atoms with E-state index in [1.54, 1.807) is 12.1 Å². The van der Waals surface area contributed by atoms with Crippen LogP contribution in [0.25, 0.3) is 11.0 Å². The number of aromatic nitrogens is 3. The van der Waals surface area contributed by atoms with Crippen molar-refractivity contribution in [2.45, 2.75) is 19.6 Å². The molecular formula is C24H21F4N5O. The van der Waals surface area contributed by atoms with E-state index in [0.29, 0.717) is 17.1 Å². The van der Waals surface area contributed by atoms with E-state index in [4.69, 9.17) is 0 Å². The molecule has 1 N–H and O–H groups in total. The van der Waals surface area contributed by atoms with E-state index in [1.807, 2.05) is 25.9 Å². The van der Waals surface area contributed by atoms with Crippen molar-refractivity contribution >= 4 is 28.4 Å². The van der Waals surface area contributed by atoms with Crippen LogP contribution in [0, 0.1) is 12.7 Å². The zero-order valence-corrected chi connectivity index (χ0v) is 18.6.